The van der Waals surface area contributed by atoms with Crippen LogP contribution in [0.25, 0.3) is 17.0 Å². The number of hydrogen-bond donors (Lipinski definition) is 1. The highest BCUT2D eigenvalue weighted by Crippen LogP contribution is 2.31. The van der Waals surface area contributed by atoms with Crippen molar-refractivity contribution in [3.63, 3.8) is 0 Å². The Bertz CT molecular complexity index is 957. The average molecular weight is 448 g/mol. The summed E-state index contributed by atoms with van der Waals surface area (Å²) in [6.07, 6.45) is -1.28. The topological polar surface area (TPSA) is 32.6 Å². The van der Waals surface area contributed by atoms with E-state index in [-0.39, 0.29) is 12.4 Å². The van der Waals surface area contributed by atoms with Gasteiger partial charge in [0.2, 0.25) is 0 Å². The molecule has 2 heterocycles. The second kappa shape index (κ2) is 9.41. The molecule has 0 amide bonds. The van der Waals surface area contributed by atoms with Crippen LogP contribution in [-0.4, -0.2) is 15.7 Å². The fraction of sp³-hybridized carbons (Fsp3) is 0.368. The number of nitrogens with zero attached hydrogens (tertiary/aromatic N) is 2. The summed E-state index contributed by atoms with van der Waals surface area (Å²) < 4.78 is 40.9. The zero-order valence-corrected chi connectivity index (χ0v) is 18.1. The molecule has 2 aromatic heterocycles. The maximum atomic E-state index is 13.0. The van der Waals surface area contributed by atoms with E-state index in [1.54, 1.807) is 10.8 Å². The van der Waals surface area contributed by atoms with Crippen LogP contribution in [0.3, 0.4) is 0 Å². The molecule has 0 aliphatic heterocycles. The third-order valence-electron chi connectivity index (χ3n) is 4.11. The van der Waals surface area contributed by atoms with Gasteiger partial charge >= 0.3 is 12.1 Å². The summed E-state index contributed by atoms with van der Waals surface area (Å²) in [4.78, 5) is 7.57. The largest absolute Gasteiger partial charge is 1.00 e. The summed E-state index contributed by atoms with van der Waals surface area (Å²) in [7, 11) is 3.60. The van der Waals surface area contributed by atoms with E-state index in [1.807, 2.05) is 35.4 Å². The Labute approximate surface area is 176 Å². The molecule has 1 N–H and O–H groups in total. The van der Waals surface area contributed by atoms with Crippen LogP contribution >= 0.6 is 21.6 Å². The zero-order valence-electron chi connectivity index (χ0n) is 15.7. The Morgan fingerprint density at radius 2 is 1.89 bits per heavy atom. The minimum Gasteiger partial charge on any atom is -1.00 e. The highest BCUT2D eigenvalue weighted by atomic mass is 35.5. The normalized spacial score (nSPS) is 11.6. The molecule has 3 aromatic rings. The zero-order chi connectivity index (χ0) is 19.6. The summed E-state index contributed by atoms with van der Waals surface area (Å²) >= 11 is 0. The van der Waals surface area contributed by atoms with Crippen LogP contribution in [0.2, 0.25) is 0 Å². The van der Waals surface area contributed by atoms with Gasteiger partial charge in [-0.05, 0) is 49.6 Å². The van der Waals surface area contributed by atoms with Gasteiger partial charge in [0.15, 0.2) is 5.52 Å². The molecule has 0 aliphatic carbocycles. The lowest BCUT2D eigenvalue weighted by molar-refractivity contribution is -0.611. The van der Waals surface area contributed by atoms with Gasteiger partial charge in [0.1, 0.15) is 5.52 Å². The van der Waals surface area contributed by atoms with Crippen LogP contribution in [0, 0.1) is 13.8 Å². The Morgan fingerprint density at radius 1 is 1.14 bits per heavy atom. The van der Waals surface area contributed by atoms with E-state index < -0.39 is 11.7 Å². The number of imidazole rings is 1. The molecule has 0 spiro atoms. The first-order chi connectivity index (χ1) is 12.8. The minimum atomic E-state index is -4.37. The maximum Gasteiger partial charge on any atom is 0.416 e. The number of H-pyrrole nitrogens is 1. The van der Waals surface area contributed by atoms with Crippen LogP contribution in [0.5, 0.6) is 0 Å². The molecule has 1 aromatic carbocycles. The van der Waals surface area contributed by atoms with Crippen molar-refractivity contribution in [1.82, 2.24) is 9.97 Å². The number of aryl methyl sites for hydroxylation is 2. The van der Waals surface area contributed by atoms with Crippen LogP contribution in [0.1, 0.15) is 35.7 Å². The number of hydrogen-bond acceptors (Lipinski definition) is 3. The first-order valence-corrected chi connectivity index (χ1v) is 11.1. The molecule has 3 rings (SSSR count). The molecule has 0 fully saturated rings. The molecule has 9 heteroatoms. The van der Waals surface area contributed by atoms with E-state index in [0.717, 1.165) is 46.9 Å². The molecule has 0 atom stereocenters. The molecule has 0 unspecified atom stereocenters. The van der Waals surface area contributed by atoms with E-state index in [4.69, 9.17) is 0 Å². The molecular weight excluding hydrogens is 427 g/mol. The number of aromatic nitrogens is 3. The molecule has 152 valence electrons. The van der Waals surface area contributed by atoms with Gasteiger partial charge in [-0.25, -0.2) is 9.55 Å². The number of halogens is 4. The Balaban J connectivity index is 0.00000280. The highest BCUT2D eigenvalue weighted by Gasteiger charge is 2.31. The molecular formula is C19H21ClF3N3S2. The lowest BCUT2D eigenvalue weighted by Crippen LogP contribution is -3.00. The number of fused-ring (bicyclic) bond motifs is 1. The number of rotatable bonds is 6. The second-order valence-electron chi connectivity index (χ2n) is 6.39. The van der Waals surface area contributed by atoms with Gasteiger partial charge in [-0.15, -0.1) is 0 Å². The summed E-state index contributed by atoms with van der Waals surface area (Å²) in [5.74, 6) is 2.41. The van der Waals surface area contributed by atoms with E-state index >= 15 is 0 Å². The Morgan fingerprint density at radius 3 is 2.57 bits per heavy atom. The number of nitrogens with one attached hydrogen (secondary N) is 1. The number of pyridine rings is 1. The first-order valence-electron chi connectivity index (χ1n) is 8.63. The van der Waals surface area contributed by atoms with Gasteiger partial charge in [-0.2, -0.15) is 13.2 Å². The molecule has 3 nitrogen and oxygen atoms in total. The molecule has 0 bridgehead atoms. The van der Waals surface area contributed by atoms with Crippen LogP contribution in [0.15, 0.2) is 30.5 Å². The van der Waals surface area contributed by atoms with E-state index in [1.165, 1.54) is 6.07 Å². The van der Waals surface area contributed by atoms with E-state index in [0.29, 0.717) is 17.0 Å². The first kappa shape index (κ1) is 22.9. The van der Waals surface area contributed by atoms with Gasteiger partial charge in [0.25, 0.3) is 0 Å². The van der Waals surface area contributed by atoms with Crippen molar-refractivity contribution in [3.8, 4) is 5.95 Å². The number of aromatic amines is 1. The van der Waals surface area contributed by atoms with Crippen molar-refractivity contribution in [2.75, 3.05) is 5.75 Å². The van der Waals surface area contributed by atoms with Crippen LogP contribution in [0.4, 0.5) is 13.2 Å². The fourth-order valence-corrected chi connectivity index (χ4v) is 5.12. The van der Waals surface area contributed by atoms with Crippen molar-refractivity contribution >= 4 is 32.6 Å². The van der Waals surface area contributed by atoms with Gasteiger partial charge in [-0.3, -0.25) is 0 Å². The molecule has 0 radical (unpaired) electrons. The number of benzene rings is 1. The van der Waals surface area contributed by atoms with Gasteiger partial charge in [-0.1, -0.05) is 39.6 Å². The molecule has 0 saturated heterocycles. The average Bonchev–Trinajstić information content (AvgIpc) is 3.02. The predicted molar refractivity (Wildman–Crippen MR) is 106 cm³/mol. The second-order valence-corrected chi connectivity index (χ2v) is 8.97. The van der Waals surface area contributed by atoms with Crippen molar-refractivity contribution in [3.05, 3.63) is 52.8 Å². The molecule has 28 heavy (non-hydrogen) atoms. The van der Waals surface area contributed by atoms with Crippen molar-refractivity contribution < 1.29 is 30.1 Å². The predicted octanol–water partition coefficient (Wildman–Crippen LogP) is 2.77. The van der Waals surface area contributed by atoms with Crippen molar-refractivity contribution in [2.24, 2.45) is 0 Å². The fourth-order valence-electron chi connectivity index (χ4n) is 2.83. The quantitative estimate of drug-likeness (QED) is 0.358. The monoisotopic (exact) mass is 447 g/mol. The summed E-state index contributed by atoms with van der Waals surface area (Å²) in [5, 5.41) is 0. The van der Waals surface area contributed by atoms with Gasteiger partial charge in [0.05, 0.1) is 23.2 Å². The number of alkyl halides is 3. The van der Waals surface area contributed by atoms with Gasteiger partial charge in [0, 0.05) is 5.75 Å². The Hall–Kier alpha value is -1.38. The summed E-state index contributed by atoms with van der Waals surface area (Å²) in [6.45, 7) is 6.19. The van der Waals surface area contributed by atoms with Crippen molar-refractivity contribution in [2.45, 2.75) is 39.1 Å². The minimum absolute atomic E-state index is 0. The lowest BCUT2D eigenvalue weighted by Gasteiger charge is -2.10. The third kappa shape index (κ3) is 5.15. The molecule has 0 saturated carbocycles. The summed E-state index contributed by atoms with van der Waals surface area (Å²) in [6, 6.07) is 5.70. The SMILES string of the molecule is CCCSSCc1c(C)cc(C)c[n+]1-c1nc2ccc(C(F)(F)F)cc2[nH]1.[Cl-]. The Kier molecular flexibility index (Phi) is 7.70. The van der Waals surface area contributed by atoms with E-state index in [2.05, 4.69) is 23.0 Å². The smallest absolute Gasteiger partial charge is 0.416 e. The molecule has 0 aliphatic rings. The van der Waals surface area contributed by atoms with Gasteiger partial charge < -0.3 is 12.4 Å². The van der Waals surface area contributed by atoms with E-state index in [9.17, 15) is 13.2 Å². The lowest BCUT2D eigenvalue weighted by atomic mass is 10.2. The summed E-state index contributed by atoms with van der Waals surface area (Å²) in [5.41, 5.74) is 3.51. The standard InChI is InChI=1S/C19H21F3N3S2.ClH/c1-4-7-26-27-11-17-13(3)8-12(2)10-25(17)18-23-15-6-5-14(19(20,21)22)9-16(15)24-18;/h5-6,8-10H,4,7,11H2,1-3H3,(H,23,24);1H/q+1;/p-1. The van der Waals surface area contributed by atoms with Crippen LogP contribution < -0.4 is 17.0 Å². The van der Waals surface area contributed by atoms with Crippen molar-refractivity contribution in [1.29, 1.82) is 0 Å². The third-order valence-corrected chi connectivity index (χ3v) is 6.60. The maximum absolute atomic E-state index is 13.0. The highest BCUT2D eigenvalue weighted by molar-refractivity contribution is 8.76. The van der Waals surface area contributed by atoms with Crippen LogP contribution in [-0.2, 0) is 11.9 Å².